The van der Waals surface area contributed by atoms with Crippen LogP contribution in [0.3, 0.4) is 0 Å². The number of esters is 2. The first-order valence-electron chi connectivity index (χ1n) is 23.9. The Morgan fingerprint density at radius 3 is 1.30 bits per heavy atom. The second-order valence-corrected chi connectivity index (χ2v) is 16.0. The highest BCUT2D eigenvalue weighted by Gasteiger charge is 2.17. The van der Waals surface area contributed by atoms with Crippen LogP contribution in [0, 0.1) is 0 Å². The van der Waals surface area contributed by atoms with Crippen LogP contribution in [0.25, 0.3) is 0 Å². The van der Waals surface area contributed by atoms with Crippen LogP contribution in [0.5, 0.6) is 0 Å². The standard InChI is InChI=1S/C49H92O5/c1-4-7-10-13-16-19-21-23-25-26-28-31-33-36-39-42-48(50)53-46-47(54-49(51)43-40-37-34-30-18-15-12-9-6-3)45-52-44-41-38-35-32-29-27-24-22-20-17-14-11-8-5-2/h11,14,20,22,47H,4-10,12-13,15-19,21,23-46H2,1-3H3/b14-11-,22-20-. The third-order valence-electron chi connectivity index (χ3n) is 10.5. The molecule has 0 saturated heterocycles. The summed E-state index contributed by atoms with van der Waals surface area (Å²) in [6.07, 6.45) is 51.8. The molecule has 0 aromatic rings. The van der Waals surface area contributed by atoms with Crippen molar-refractivity contribution in [2.24, 2.45) is 0 Å². The van der Waals surface area contributed by atoms with Gasteiger partial charge in [0, 0.05) is 19.4 Å². The van der Waals surface area contributed by atoms with Gasteiger partial charge >= 0.3 is 11.9 Å². The Balaban J connectivity index is 4.18. The molecular weight excluding hydrogens is 669 g/mol. The lowest BCUT2D eigenvalue weighted by molar-refractivity contribution is -0.163. The smallest absolute Gasteiger partial charge is 0.306 e. The summed E-state index contributed by atoms with van der Waals surface area (Å²) in [5, 5.41) is 0. The molecule has 0 aliphatic heterocycles. The minimum atomic E-state index is -0.531. The van der Waals surface area contributed by atoms with Gasteiger partial charge in [-0.05, 0) is 44.9 Å². The third kappa shape index (κ3) is 43.1. The van der Waals surface area contributed by atoms with Crippen molar-refractivity contribution >= 4 is 11.9 Å². The SMILES string of the molecule is CCC/C=C\C/C=C\CCCCCCCCOCC(COC(=O)CCCCCCCCCCCCCCCCC)OC(=O)CCCCCCCCCCC. The number of allylic oxidation sites excluding steroid dienone is 4. The van der Waals surface area contributed by atoms with Crippen LogP contribution in [0.4, 0.5) is 0 Å². The second-order valence-electron chi connectivity index (χ2n) is 16.0. The van der Waals surface area contributed by atoms with Gasteiger partial charge in [0.05, 0.1) is 6.61 Å². The molecule has 5 heteroatoms. The highest BCUT2D eigenvalue weighted by molar-refractivity contribution is 5.70. The van der Waals surface area contributed by atoms with Crippen molar-refractivity contribution in [3.05, 3.63) is 24.3 Å². The van der Waals surface area contributed by atoms with E-state index in [-0.39, 0.29) is 25.2 Å². The highest BCUT2D eigenvalue weighted by atomic mass is 16.6. The monoisotopic (exact) mass is 761 g/mol. The van der Waals surface area contributed by atoms with Crippen molar-refractivity contribution in [1.29, 1.82) is 0 Å². The van der Waals surface area contributed by atoms with E-state index in [1.54, 1.807) is 0 Å². The Kier molecular flexibility index (Phi) is 44.4. The first-order valence-corrected chi connectivity index (χ1v) is 23.9. The van der Waals surface area contributed by atoms with Gasteiger partial charge in [-0.25, -0.2) is 0 Å². The van der Waals surface area contributed by atoms with Crippen LogP contribution in [-0.4, -0.2) is 37.9 Å². The topological polar surface area (TPSA) is 61.8 Å². The first kappa shape index (κ1) is 52.4. The van der Waals surface area contributed by atoms with E-state index in [2.05, 4.69) is 45.1 Å². The Morgan fingerprint density at radius 2 is 0.815 bits per heavy atom. The minimum absolute atomic E-state index is 0.0878. The number of rotatable bonds is 44. The molecule has 0 bridgehead atoms. The maximum atomic E-state index is 12.7. The summed E-state index contributed by atoms with van der Waals surface area (Å²) in [5.41, 5.74) is 0. The average Bonchev–Trinajstić information content (AvgIpc) is 3.17. The van der Waals surface area contributed by atoms with Crippen molar-refractivity contribution in [3.8, 4) is 0 Å². The summed E-state index contributed by atoms with van der Waals surface area (Å²) in [4.78, 5) is 25.2. The zero-order chi connectivity index (χ0) is 39.3. The van der Waals surface area contributed by atoms with Gasteiger partial charge in [-0.15, -0.1) is 0 Å². The molecule has 0 N–H and O–H groups in total. The van der Waals surface area contributed by atoms with Crippen molar-refractivity contribution in [2.75, 3.05) is 19.8 Å². The first-order chi connectivity index (χ1) is 26.6. The van der Waals surface area contributed by atoms with Crippen LogP contribution in [0.15, 0.2) is 24.3 Å². The summed E-state index contributed by atoms with van der Waals surface area (Å²) in [6, 6.07) is 0. The lowest BCUT2D eigenvalue weighted by atomic mass is 10.0. The molecule has 0 aliphatic carbocycles. The van der Waals surface area contributed by atoms with Gasteiger partial charge in [-0.2, -0.15) is 0 Å². The molecule has 0 amide bonds. The molecule has 0 aromatic heterocycles. The molecule has 0 aliphatic rings. The van der Waals surface area contributed by atoms with E-state index in [4.69, 9.17) is 14.2 Å². The fourth-order valence-corrected chi connectivity index (χ4v) is 6.90. The summed E-state index contributed by atoms with van der Waals surface area (Å²) < 4.78 is 17.3. The van der Waals surface area contributed by atoms with Crippen molar-refractivity contribution < 1.29 is 23.8 Å². The van der Waals surface area contributed by atoms with E-state index in [0.717, 1.165) is 44.9 Å². The molecule has 0 rings (SSSR count). The molecule has 0 saturated carbocycles. The highest BCUT2D eigenvalue weighted by Crippen LogP contribution is 2.15. The number of unbranched alkanes of at least 4 members (excludes halogenated alkanes) is 29. The van der Waals surface area contributed by atoms with E-state index in [0.29, 0.717) is 19.4 Å². The Labute approximate surface area is 337 Å². The van der Waals surface area contributed by atoms with Gasteiger partial charge in [0.15, 0.2) is 6.10 Å². The molecule has 0 spiro atoms. The maximum Gasteiger partial charge on any atom is 0.306 e. The quantitative estimate of drug-likeness (QED) is 0.0352. The lowest BCUT2D eigenvalue weighted by Gasteiger charge is -2.18. The second kappa shape index (κ2) is 45.8. The van der Waals surface area contributed by atoms with Crippen LogP contribution < -0.4 is 0 Å². The number of hydrogen-bond acceptors (Lipinski definition) is 5. The molecule has 0 radical (unpaired) electrons. The summed E-state index contributed by atoms with van der Waals surface area (Å²) in [6.45, 7) is 7.76. The molecular formula is C49H92O5. The van der Waals surface area contributed by atoms with Crippen LogP contribution in [0.1, 0.15) is 252 Å². The van der Waals surface area contributed by atoms with Crippen molar-refractivity contribution in [3.63, 3.8) is 0 Å². The fourth-order valence-electron chi connectivity index (χ4n) is 6.90. The number of carbonyl (C=O) groups is 2. The van der Waals surface area contributed by atoms with Gasteiger partial charge in [0.25, 0.3) is 0 Å². The molecule has 1 unspecified atom stereocenters. The van der Waals surface area contributed by atoms with E-state index in [1.807, 2.05) is 0 Å². The maximum absolute atomic E-state index is 12.7. The van der Waals surface area contributed by atoms with Gasteiger partial charge < -0.3 is 14.2 Å². The molecule has 0 fully saturated rings. The van der Waals surface area contributed by atoms with Gasteiger partial charge in [-0.1, -0.05) is 218 Å². The Morgan fingerprint density at radius 1 is 0.407 bits per heavy atom. The lowest BCUT2D eigenvalue weighted by Crippen LogP contribution is -2.30. The largest absolute Gasteiger partial charge is 0.462 e. The molecule has 1 atom stereocenters. The predicted octanol–water partition coefficient (Wildman–Crippen LogP) is 15.7. The van der Waals surface area contributed by atoms with Gasteiger partial charge in [-0.3, -0.25) is 9.59 Å². The van der Waals surface area contributed by atoms with E-state index < -0.39 is 6.10 Å². The van der Waals surface area contributed by atoms with Crippen LogP contribution in [-0.2, 0) is 23.8 Å². The number of carbonyl (C=O) groups excluding carboxylic acids is 2. The Hall–Kier alpha value is -1.62. The molecule has 5 nitrogen and oxygen atoms in total. The summed E-state index contributed by atoms with van der Waals surface area (Å²) in [5.74, 6) is -0.392. The fraction of sp³-hybridized carbons (Fsp3) is 0.878. The van der Waals surface area contributed by atoms with E-state index in [9.17, 15) is 9.59 Å². The van der Waals surface area contributed by atoms with E-state index in [1.165, 1.54) is 173 Å². The van der Waals surface area contributed by atoms with Crippen LogP contribution >= 0.6 is 0 Å². The van der Waals surface area contributed by atoms with Crippen molar-refractivity contribution in [1.82, 2.24) is 0 Å². The molecule has 54 heavy (non-hydrogen) atoms. The summed E-state index contributed by atoms with van der Waals surface area (Å²) >= 11 is 0. The third-order valence-corrected chi connectivity index (χ3v) is 10.5. The Bertz CT molecular complexity index is 821. The zero-order valence-electron chi connectivity index (χ0n) is 36.5. The normalized spacial score (nSPS) is 12.3. The molecule has 0 aromatic carbocycles. The van der Waals surface area contributed by atoms with Crippen LogP contribution in [0.2, 0.25) is 0 Å². The summed E-state index contributed by atoms with van der Waals surface area (Å²) in [7, 11) is 0. The predicted molar refractivity (Wildman–Crippen MR) is 233 cm³/mol. The zero-order valence-corrected chi connectivity index (χ0v) is 36.5. The molecule has 0 heterocycles. The number of hydrogen-bond donors (Lipinski definition) is 0. The number of ether oxygens (including phenoxy) is 3. The average molecular weight is 761 g/mol. The van der Waals surface area contributed by atoms with Gasteiger partial charge in [0.2, 0.25) is 0 Å². The van der Waals surface area contributed by atoms with Crippen molar-refractivity contribution in [2.45, 2.75) is 258 Å². The van der Waals surface area contributed by atoms with E-state index >= 15 is 0 Å². The molecule has 318 valence electrons. The minimum Gasteiger partial charge on any atom is -0.462 e. The van der Waals surface area contributed by atoms with Gasteiger partial charge in [0.1, 0.15) is 6.61 Å².